The largest absolute Gasteiger partial charge is 0.496 e. The zero-order chi connectivity index (χ0) is 13.1. The SMILES string of the molecule is COc1ccccc1C(O)c1ccc(F)cc1N. The van der Waals surface area contributed by atoms with Gasteiger partial charge in [-0.25, -0.2) is 4.39 Å². The highest BCUT2D eigenvalue weighted by Crippen LogP contribution is 2.32. The Morgan fingerprint density at radius 3 is 2.56 bits per heavy atom. The first kappa shape index (κ1) is 12.4. The minimum Gasteiger partial charge on any atom is -0.496 e. The van der Waals surface area contributed by atoms with Gasteiger partial charge >= 0.3 is 0 Å². The molecule has 0 aliphatic carbocycles. The van der Waals surface area contributed by atoms with Crippen LogP contribution in [0.15, 0.2) is 42.5 Å². The van der Waals surface area contributed by atoms with Gasteiger partial charge in [-0.2, -0.15) is 0 Å². The van der Waals surface area contributed by atoms with Crippen molar-refractivity contribution < 1.29 is 14.2 Å². The Labute approximate surface area is 105 Å². The standard InChI is InChI=1S/C14H14FNO2/c1-18-13-5-3-2-4-11(13)14(17)10-7-6-9(15)8-12(10)16/h2-8,14,17H,16H2,1H3. The maximum atomic E-state index is 13.0. The molecule has 2 aromatic rings. The molecule has 3 N–H and O–H groups in total. The third kappa shape index (κ3) is 2.28. The summed E-state index contributed by atoms with van der Waals surface area (Å²) in [6, 6.07) is 11.0. The Hall–Kier alpha value is -2.07. The van der Waals surface area contributed by atoms with E-state index >= 15 is 0 Å². The van der Waals surface area contributed by atoms with Crippen LogP contribution in [0.5, 0.6) is 5.75 Å². The fourth-order valence-electron chi connectivity index (χ4n) is 1.85. The molecule has 3 nitrogen and oxygen atoms in total. The molecule has 2 rings (SSSR count). The first-order chi connectivity index (χ1) is 8.63. The summed E-state index contributed by atoms with van der Waals surface area (Å²) in [5.41, 5.74) is 6.98. The van der Waals surface area contributed by atoms with Crippen molar-refractivity contribution in [3.05, 3.63) is 59.4 Å². The Morgan fingerprint density at radius 1 is 1.17 bits per heavy atom. The zero-order valence-electron chi connectivity index (χ0n) is 9.93. The molecular weight excluding hydrogens is 233 g/mol. The molecule has 0 saturated heterocycles. The molecule has 0 fully saturated rings. The lowest BCUT2D eigenvalue weighted by Gasteiger charge is -2.16. The molecule has 4 heteroatoms. The summed E-state index contributed by atoms with van der Waals surface area (Å²) in [5.74, 6) is 0.136. The van der Waals surface area contributed by atoms with Crippen LogP contribution in [0.2, 0.25) is 0 Å². The summed E-state index contributed by atoms with van der Waals surface area (Å²) in [6.45, 7) is 0. The maximum absolute atomic E-state index is 13.0. The van der Waals surface area contributed by atoms with Crippen LogP contribution in [0.25, 0.3) is 0 Å². The summed E-state index contributed by atoms with van der Waals surface area (Å²) >= 11 is 0. The van der Waals surface area contributed by atoms with Crippen LogP contribution in [0.4, 0.5) is 10.1 Å². The van der Waals surface area contributed by atoms with E-state index in [1.165, 1.54) is 25.3 Å². The normalized spacial score (nSPS) is 12.2. The third-order valence-electron chi connectivity index (χ3n) is 2.78. The predicted molar refractivity (Wildman–Crippen MR) is 67.9 cm³/mol. The summed E-state index contributed by atoms with van der Waals surface area (Å²) in [5, 5.41) is 10.3. The number of rotatable bonds is 3. The third-order valence-corrected chi connectivity index (χ3v) is 2.78. The number of hydrogen-bond acceptors (Lipinski definition) is 3. The van der Waals surface area contributed by atoms with Crippen molar-refractivity contribution in [3.8, 4) is 5.75 Å². The first-order valence-electron chi connectivity index (χ1n) is 5.49. The van der Waals surface area contributed by atoms with Crippen LogP contribution < -0.4 is 10.5 Å². The number of para-hydroxylation sites is 1. The van der Waals surface area contributed by atoms with Crippen molar-refractivity contribution in [2.75, 3.05) is 12.8 Å². The highest BCUT2D eigenvalue weighted by molar-refractivity contribution is 5.52. The van der Waals surface area contributed by atoms with Crippen LogP contribution in [-0.2, 0) is 0 Å². The second-order valence-electron chi connectivity index (χ2n) is 3.92. The number of aliphatic hydroxyl groups excluding tert-OH is 1. The van der Waals surface area contributed by atoms with Gasteiger partial charge < -0.3 is 15.6 Å². The molecule has 1 atom stereocenters. The van der Waals surface area contributed by atoms with Gasteiger partial charge in [-0.1, -0.05) is 24.3 Å². The van der Waals surface area contributed by atoms with Crippen LogP contribution in [0.3, 0.4) is 0 Å². The van der Waals surface area contributed by atoms with Crippen LogP contribution in [0, 0.1) is 5.82 Å². The molecular formula is C14H14FNO2. The number of hydrogen-bond donors (Lipinski definition) is 2. The average Bonchev–Trinajstić information content (AvgIpc) is 2.38. The van der Waals surface area contributed by atoms with Crippen LogP contribution in [0.1, 0.15) is 17.2 Å². The monoisotopic (exact) mass is 247 g/mol. The van der Waals surface area contributed by atoms with E-state index in [1.807, 2.05) is 6.07 Å². The number of halogens is 1. The van der Waals surface area contributed by atoms with Gasteiger partial charge in [-0.3, -0.25) is 0 Å². The minimum absolute atomic E-state index is 0.216. The molecule has 94 valence electrons. The average molecular weight is 247 g/mol. The molecule has 1 unspecified atom stereocenters. The summed E-state index contributed by atoms with van der Waals surface area (Å²) < 4.78 is 18.1. The van der Waals surface area contributed by atoms with Crippen molar-refractivity contribution in [1.29, 1.82) is 0 Å². The van der Waals surface area contributed by atoms with Crippen molar-refractivity contribution in [3.63, 3.8) is 0 Å². The predicted octanol–water partition coefficient (Wildman–Crippen LogP) is 2.50. The number of benzene rings is 2. The molecule has 0 aliphatic heterocycles. The topological polar surface area (TPSA) is 55.5 Å². The number of ether oxygens (including phenoxy) is 1. The summed E-state index contributed by atoms with van der Waals surface area (Å²) in [4.78, 5) is 0. The van der Waals surface area contributed by atoms with E-state index in [9.17, 15) is 9.50 Å². The second kappa shape index (κ2) is 5.06. The van der Waals surface area contributed by atoms with Gasteiger partial charge in [0.15, 0.2) is 0 Å². The lowest BCUT2D eigenvalue weighted by atomic mass is 9.99. The Kier molecular flexibility index (Phi) is 3.48. The van der Waals surface area contributed by atoms with Crippen molar-refractivity contribution in [1.82, 2.24) is 0 Å². The molecule has 0 heterocycles. The molecule has 18 heavy (non-hydrogen) atoms. The van der Waals surface area contributed by atoms with Gasteiger partial charge in [0.05, 0.1) is 7.11 Å². The summed E-state index contributed by atoms with van der Waals surface area (Å²) in [6.07, 6.45) is -0.943. The van der Waals surface area contributed by atoms with Crippen LogP contribution in [-0.4, -0.2) is 12.2 Å². The molecule has 0 amide bonds. The Balaban J connectivity index is 2.44. The molecule has 0 aromatic heterocycles. The zero-order valence-corrected chi connectivity index (χ0v) is 9.93. The smallest absolute Gasteiger partial charge is 0.125 e. The van der Waals surface area contributed by atoms with Gasteiger partial charge in [0.25, 0.3) is 0 Å². The van der Waals surface area contributed by atoms with Crippen molar-refractivity contribution >= 4 is 5.69 Å². The number of anilines is 1. The highest BCUT2D eigenvalue weighted by atomic mass is 19.1. The van der Waals surface area contributed by atoms with E-state index in [0.717, 1.165) is 0 Å². The van der Waals surface area contributed by atoms with Gasteiger partial charge in [0.2, 0.25) is 0 Å². The second-order valence-corrected chi connectivity index (χ2v) is 3.92. The van der Waals surface area contributed by atoms with E-state index < -0.39 is 11.9 Å². The van der Waals surface area contributed by atoms with Crippen molar-refractivity contribution in [2.45, 2.75) is 6.10 Å². The van der Waals surface area contributed by atoms with Crippen LogP contribution >= 0.6 is 0 Å². The van der Waals surface area contributed by atoms with Gasteiger partial charge in [0, 0.05) is 16.8 Å². The quantitative estimate of drug-likeness (QED) is 0.819. The van der Waals surface area contributed by atoms with E-state index in [-0.39, 0.29) is 5.69 Å². The molecule has 0 saturated carbocycles. The fourth-order valence-corrected chi connectivity index (χ4v) is 1.85. The van der Waals surface area contributed by atoms with Gasteiger partial charge in [-0.05, 0) is 18.2 Å². The number of aliphatic hydroxyl groups is 1. The Morgan fingerprint density at radius 2 is 1.89 bits per heavy atom. The van der Waals surface area contributed by atoms with Gasteiger partial charge in [0.1, 0.15) is 17.7 Å². The van der Waals surface area contributed by atoms with E-state index in [0.29, 0.717) is 16.9 Å². The first-order valence-corrected chi connectivity index (χ1v) is 5.49. The molecule has 0 bridgehead atoms. The van der Waals surface area contributed by atoms with Gasteiger partial charge in [-0.15, -0.1) is 0 Å². The van der Waals surface area contributed by atoms with Crippen molar-refractivity contribution in [2.24, 2.45) is 0 Å². The van der Waals surface area contributed by atoms with E-state index in [1.54, 1.807) is 18.2 Å². The fraction of sp³-hybridized carbons (Fsp3) is 0.143. The number of nitrogen functional groups attached to an aromatic ring is 1. The number of methoxy groups -OCH3 is 1. The highest BCUT2D eigenvalue weighted by Gasteiger charge is 2.17. The molecule has 0 aliphatic rings. The summed E-state index contributed by atoms with van der Waals surface area (Å²) in [7, 11) is 1.53. The minimum atomic E-state index is -0.943. The van der Waals surface area contributed by atoms with E-state index in [2.05, 4.69) is 0 Å². The van der Waals surface area contributed by atoms with E-state index in [4.69, 9.17) is 10.5 Å². The molecule has 2 aromatic carbocycles. The molecule has 0 radical (unpaired) electrons. The number of nitrogens with two attached hydrogens (primary N) is 1. The lowest BCUT2D eigenvalue weighted by molar-refractivity contribution is 0.215. The molecule has 0 spiro atoms. The lowest BCUT2D eigenvalue weighted by Crippen LogP contribution is -2.05. The maximum Gasteiger partial charge on any atom is 0.125 e. The Bertz CT molecular complexity index is 557.